The third-order valence-corrected chi connectivity index (χ3v) is 3.90. The molecular formula is C13H15BrF3NO. The third kappa shape index (κ3) is 3.86. The standard InChI is InChI=1S/C13H15BrF3NO/c14-11-3-4-12(19)9(6-11)7-18-5-1-2-10(8-18)13(15,16)17/h3-4,6,10,19H,1-2,5,7-8H2. The maximum atomic E-state index is 12.7. The van der Waals surface area contributed by atoms with Crippen molar-refractivity contribution in [1.29, 1.82) is 0 Å². The number of benzene rings is 1. The summed E-state index contributed by atoms with van der Waals surface area (Å²) in [4.78, 5) is 1.75. The topological polar surface area (TPSA) is 23.5 Å². The van der Waals surface area contributed by atoms with Crippen LogP contribution in [0.5, 0.6) is 5.75 Å². The first-order chi connectivity index (χ1) is 8.86. The molecular weight excluding hydrogens is 323 g/mol. The van der Waals surface area contributed by atoms with Gasteiger partial charge >= 0.3 is 6.18 Å². The highest BCUT2D eigenvalue weighted by atomic mass is 79.9. The fourth-order valence-corrected chi connectivity index (χ4v) is 2.80. The van der Waals surface area contributed by atoms with Gasteiger partial charge in [-0.15, -0.1) is 0 Å². The van der Waals surface area contributed by atoms with Crippen molar-refractivity contribution in [2.75, 3.05) is 13.1 Å². The van der Waals surface area contributed by atoms with Crippen molar-refractivity contribution in [2.24, 2.45) is 5.92 Å². The second kappa shape index (κ2) is 5.71. The van der Waals surface area contributed by atoms with E-state index in [-0.39, 0.29) is 18.7 Å². The van der Waals surface area contributed by atoms with Crippen molar-refractivity contribution >= 4 is 15.9 Å². The quantitative estimate of drug-likeness (QED) is 0.883. The molecule has 1 fully saturated rings. The highest BCUT2D eigenvalue weighted by Crippen LogP contribution is 2.34. The molecule has 19 heavy (non-hydrogen) atoms. The van der Waals surface area contributed by atoms with Gasteiger partial charge in [-0.25, -0.2) is 0 Å². The molecule has 1 aliphatic heterocycles. The predicted octanol–water partition coefficient (Wildman–Crippen LogP) is 3.93. The molecule has 0 aliphatic carbocycles. The largest absolute Gasteiger partial charge is 0.508 e. The number of aromatic hydroxyl groups is 1. The van der Waals surface area contributed by atoms with Crippen molar-refractivity contribution in [1.82, 2.24) is 4.90 Å². The molecule has 0 amide bonds. The van der Waals surface area contributed by atoms with Gasteiger partial charge in [0.2, 0.25) is 0 Å². The Bertz CT molecular complexity index is 450. The van der Waals surface area contributed by atoms with Crippen molar-refractivity contribution in [3.63, 3.8) is 0 Å². The number of hydrogen-bond acceptors (Lipinski definition) is 2. The van der Waals surface area contributed by atoms with Crippen molar-refractivity contribution < 1.29 is 18.3 Å². The van der Waals surface area contributed by atoms with Gasteiger partial charge in [0.25, 0.3) is 0 Å². The molecule has 1 aromatic rings. The summed E-state index contributed by atoms with van der Waals surface area (Å²) < 4.78 is 38.9. The molecule has 1 unspecified atom stereocenters. The Kier molecular flexibility index (Phi) is 4.40. The SMILES string of the molecule is Oc1ccc(Br)cc1CN1CCCC(C(F)(F)F)C1. The normalized spacial score (nSPS) is 21.6. The molecule has 1 N–H and O–H groups in total. The molecule has 6 heteroatoms. The Balaban J connectivity index is 2.05. The molecule has 0 saturated carbocycles. The van der Waals surface area contributed by atoms with Crippen LogP contribution in [0.1, 0.15) is 18.4 Å². The summed E-state index contributed by atoms with van der Waals surface area (Å²) in [6.45, 7) is 0.992. The van der Waals surface area contributed by atoms with E-state index in [1.807, 2.05) is 0 Å². The summed E-state index contributed by atoms with van der Waals surface area (Å²) >= 11 is 3.30. The van der Waals surface area contributed by atoms with Crippen LogP contribution in [0.25, 0.3) is 0 Å². The number of rotatable bonds is 2. The van der Waals surface area contributed by atoms with Crippen LogP contribution in [0.2, 0.25) is 0 Å². The summed E-state index contributed by atoms with van der Waals surface area (Å²) in [6.07, 6.45) is -3.39. The van der Waals surface area contributed by atoms with E-state index in [4.69, 9.17) is 0 Å². The van der Waals surface area contributed by atoms with Gasteiger partial charge in [-0.05, 0) is 37.6 Å². The number of nitrogens with zero attached hydrogens (tertiary/aromatic N) is 1. The zero-order valence-corrected chi connectivity index (χ0v) is 11.8. The predicted molar refractivity (Wildman–Crippen MR) is 69.9 cm³/mol. The molecule has 2 rings (SSSR count). The average Bonchev–Trinajstić information content (AvgIpc) is 2.33. The molecule has 0 spiro atoms. The summed E-state index contributed by atoms with van der Waals surface area (Å²) in [5.74, 6) is -1.13. The van der Waals surface area contributed by atoms with Gasteiger partial charge in [-0.1, -0.05) is 15.9 Å². The molecule has 1 atom stereocenters. The van der Waals surface area contributed by atoms with Gasteiger partial charge in [0.1, 0.15) is 5.75 Å². The van der Waals surface area contributed by atoms with Gasteiger partial charge in [0.05, 0.1) is 5.92 Å². The van der Waals surface area contributed by atoms with Crippen LogP contribution in [-0.2, 0) is 6.54 Å². The van der Waals surface area contributed by atoms with Gasteiger partial charge in [0.15, 0.2) is 0 Å². The molecule has 2 nitrogen and oxygen atoms in total. The van der Waals surface area contributed by atoms with Crippen LogP contribution in [-0.4, -0.2) is 29.3 Å². The van der Waals surface area contributed by atoms with E-state index >= 15 is 0 Å². The Labute approximate surface area is 118 Å². The van der Waals surface area contributed by atoms with Gasteiger partial charge in [-0.3, -0.25) is 4.90 Å². The Morgan fingerprint density at radius 2 is 2.11 bits per heavy atom. The smallest absolute Gasteiger partial charge is 0.393 e. The van der Waals surface area contributed by atoms with Crippen LogP contribution in [0.3, 0.4) is 0 Å². The lowest BCUT2D eigenvalue weighted by Crippen LogP contribution is -2.41. The molecule has 1 aliphatic rings. The number of phenolic OH excluding ortho intramolecular Hbond substituents is 1. The van der Waals surface area contributed by atoms with Crippen LogP contribution in [0.15, 0.2) is 22.7 Å². The van der Waals surface area contributed by atoms with Gasteiger partial charge in [0, 0.05) is 23.1 Å². The highest BCUT2D eigenvalue weighted by molar-refractivity contribution is 9.10. The molecule has 1 heterocycles. The summed E-state index contributed by atoms with van der Waals surface area (Å²) in [5, 5.41) is 9.72. The van der Waals surface area contributed by atoms with Crippen molar-refractivity contribution in [2.45, 2.75) is 25.6 Å². The fourth-order valence-electron chi connectivity index (χ4n) is 2.39. The van der Waals surface area contributed by atoms with Crippen LogP contribution in [0.4, 0.5) is 13.2 Å². The number of halogens is 4. The minimum absolute atomic E-state index is 0.00938. The third-order valence-electron chi connectivity index (χ3n) is 3.40. The summed E-state index contributed by atoms with van der Waals surface area (Å²) in [7, 11) is 0. The van der Waals surface area contributed by atoms with Crippen molar-refractivity contribution in [3.8, 4) is 5.75 Å². The van der Waals surface area contributed by atoms with E-state index in [0.29, 0.717) is 25.1 Å². The molecule has 0 aromatic heterocycles. The average molecular weight is 338 g/mol. The first kappa shape index (κ1) is 14.7. The minimum atomic E-state index is -4.13. The number of piperidine rings is 1. The van der Waals surface area contributed by atoms with Crippen LogP contribution < -0.4 is 0 Å². The monoisotopic (exact) mass is 337 g/mol. The van der Waals surface area contributed by atoms with E-state index in [9.17, 15) is 18.3 Å². The first-order valence-electron chi connectivity index (χ1n) is 6.12. The number of phenols is 1. The number of alkyl halides is 3. The van der Waals surface area contributed by atoms with E-state index in [0.717, 1.165) is 4.47 Å². The fraction of sp³-hybridized carbons (Fsp3) is 0.538. The van der Waals surface area contributed by atoms with Crippen LogP contribution >= 0.6 is 15.9 Å². The Morgan fingerprint density at radius 1 is 1.37 bits per heavy atom. The summed E-state index contributed by atoms with van der Waals surface area (Å²) in [6, 6.07) is 4.99. The lowest BCUT2D eigenvalue weighted by molar-refractivity contribution is -0.187. The second-order valence-corrected chi connectivity index (χ2v) is 5.80. The van der Waals surface area contributed by atoms with E-state index in [1.54, 1.807) is 23.1 Å². The maximum Gasteiger partial charge on any atom is 0.393 e. The van der Waals surface area contributed by atoms with Crippen LogP contribution in [0, 0.1) is 5.92 Å². The lowest BCUT2D eigenvalue weighted by atomic mass is 9.97. The number of hydrogen-bond donors (Lipinski definition) is 1. The first-order valence-corrected chi connectivity index (χ1v) is 6.92. The van der Waals surface area contributed by atoms with E-state index in [2.05, 4.69) is 15.9 Å². The van der Waals surface area contributed by atoms with Crippen molar-refractivity contribution in [3.05, 3.63) is 28.2 Å². The molecule has 0 bridgehead atoms. The second-order valence-electron chi connectivity index (χ2n) is 4.89. The molecule has 1 aromatic carbocycles. The Morgan fingerprint density at radius 3 is 2.79 bits per heavy atom. The van der Waals surface area contributed by atoms with Gasteiger partial charge in [-0.2, -0.15) is 13.2 Å². The molecule has 0 radical (unpaired) electrons. The molecule has 1 saturated heterocycles. The maximum absolute atomic E-state index is 12.7. The van der Waals surface area contributed by atoms with E-state index in [1.165, 1.54) is 0 Å². The van der Waals surface area contributed by atoms with Gasteiger partial charge < -0.3 is 5.11 Å². The molecule has 106 valence electrons. The number of likely N-dealkylation sites (tertiary alicyclic amines) is 1. The zero-order chi connectivity index (χ0) is 14.0. The zero-order valence-electron chi connectivity index (χ0n) is 10.3. The minimum Gasteiger partial charge on any atom is -0.508 e. The Hall–Kier alpha value is -0.750. The summed E-state index contributed by atoms with van der Waals surface area (Å²) in [5.41, 5.74) is 0.650. The highest BCUT2D eigenvalue weighted by Gasteiger charge is 2.41. The lowest BCUT2D eigenvalue weighted by Gasteiger charge is -2.33. The van der Waals surface area contributed by atoms with E-state index < -0.39 is 12.1 Å².